The van der Waals surface area contributed by atoms with Crippen molar-refractivity contribution in [3.63, 3.8) is 0 Å². The lowest BCUT2D eigenvalue weighted by atomic mass is 9.95. The molecule has 1 atom stereocenters. The molecule has 1 heterocycles. The minimum absolute atomic E-state index is 0.0833. The Kier molecular flexibility index (Phi) is 4.46. The number of H-pyrrole nitrogens is 1. The summed E-state index contributed by atoms with van der Waals surface area (Å²) in [5, 5.41) is 17.5. The van der Waals surface area contributed by atoms with E-state index >= 15 is 0 Å². The molecule has 1 aromatic carbocycles. The van der Waals surface area contributed by atoms with Crippen LogP contribution in [-0.4, -0.2) is 41.3 Å². The number of nitrogens with zero attached hydrogens (tertiary/aromatic N) is 3. The summed E-state index contributed by atoms with van der Waals surface area (Å²) < 4.78 is 5.36. The zero-order valence-corrected chi connectivity index (χ0v) is 11.5. The van der Waals surface area contributed by atoms with Crippen LogP contribution >= 0.6 is 0 Å². The van der Waals surface area contributed by atoms with Gasteiger partial charge in [0.15, 0.2) is 5.82 Å². The van der Waals surface area contributed by atoms with E-state index in [-0.39, 0.29) is 5.92 Å². The molecule has 2 aromatic rings. The van der Waals surface area contributed by atoms with Gasteiger partial charge in [0.25, 0.3) is 0 Å². The van der Waals surface area contributed by atoms with Crippen LogP contribution < -0.4 is 10.1 Å². The lowest BCUT2D eigenvalue weighted by Crippen LogP contribution is -2.19. The maximum atomic E-state index is 5.36. The van der Waals surface area contributed by atoms with Gasteiger partial charge in [0.05, 0.1) is 13.0 Å². The molecule has 0 fully saturated rings. The van der Waals surface area contributed by atoms with Crippen LogP contribution in [0.2, 0.25) is 0 Å². The Labute approximate surface area is 112 Å². The molecule has 0 bridgehead atoms. The van der Waals surface area contributed by atoms with Gasteiger partial charge in [-0.25, -0.2) is 0 Å². The summed E-state index contributed by atoms with van der Waals surface area (Å²) in [5.41, 5.74) is 2.35. The molecule has 0 aliphatic heterocycles. The van der Waals surface area contributed by atoms with Gasteiger partial charge in [-0.3, -0.25) is 0 Å². The zero-order valence-electron chi connectivity index (χ0n) is 11.5. The molecule has 2 N–H and O–H groups in total. The van der Waals surface area contributed by atoms with E-state index in [1.807, 2.05) is 13.1 Å². The first-order valence-corrected chi connectivity index (χ1v) is 6.34. The Balaban J connectivity index is 2.37. The second kappa shape index (κ2) is 6.29. The van der Waals surface area contributed by atoms with Crippen LogP contribution in [0.25, 0.3) is 0 Å². The van der Waals surface area contributed by atoms with Gasteiger partial charge in [-0.2, -0.15) is 5.21 Å². The molecule has 102 valence electrons. The first kappa shape index (κ1) is 13.5. The first-order valence-electron chi connectivity index (χ1n) is 6.34. The number of methoxy groups -OCH3 is 1. The van der Waals surface area contributed by atoms with E-state index in [2.05, 4.69) is 45.0 Å². The predicted octanol–water partition coefficient (Wildman–Crippen LogP) is 1.12. The largest absolute Gasteiger partial charge is 0.496 e. The van der Waals surface area contributed by atoms with E-state index in [1.54, 1.807) is 7.11 Å². The fourth-order valence-corrected chi connectivity index (χ4v) is 2.17. The topological polar surface area (TPSA) is 75.7 Å². The van der Waals surface area contributed by atoms with Crippen molar-refractivity contribution in [1.82, 2.24) is 25.9 Å². The van der Waals surface area contributed by atoms with Crippen LogP contribution in [0, 0.1) is 0 Å². The van der Waals surface area contributed by atoms with Gasteiger partial charge in [-0.1, -0.05) is 24.3 Å². The highest BCUT2D eigenvalue weighted by molar-refractivity contribution is 5.40. The van der Waals surface area contributed by atoms with Crippen LogP contribution in [0.3, 0.4) is 0 Å². The number of aryl methyl sites for hydroxylation is 1. The molecular weight excluding hydrogens is 242 g/mol. The van der Waals surface area contributed by atoms with Crippen molar-refractivity contribution < 1.29 is 4.74 Å². The van der Waals surface area contributed by atoms with E-state index < -0.39 is 0 Å². The molecule has 6 nitrogen and oxygen atoms in total. The number of hydrogen-bond acceptors (Lipinski definition) is 5. The quantitative estimate of drug-likeness (QED) is 0.815. The second-order valence-electron chi connectivity index (χ2n) is 4.31. The zero-order chi connectivity index (χ0) is 13.7. The molecule has 19 heavy (non-hydrogen) atoms. The van der Waals surface area contributed by atoms with Crippen molar-refractivity contribution >= 4 is 0 Å². The Hall–Kier alpha value is -1.95. The number of nitrogens with one attached hydrogen (secondary N) is 2. The maximum absolute atomic E-state index is 5.36. The number of tetrazole rings is 1. The summed E-state index contributed by atoms with van der Waals surface area (Å²) in [7, 11) is 3.61. The molecular formula is C13H19N5O. The minimum Gasteiger partial charge on any atom is -0.496 e. The van der Waals surface area contributed by atoms with Crippen LogP contribution in [0.4, 0.5) is 0 Å². The number of ether oxygens (including phenoxy) is 1. The lowest BCUT2D eigenvalue weighted by Gasteiger charge is -2.15. The third-order valence-electron chi connectivity index (χ3n) is 3.17. The molecule has 0 aliphatic carbocycles. The van der Waals surface area contributed by atoms with Crippen molar-refractivity contribution in [2.75, 3.05) is 20.7 Å². The molecule has 0 spiro atoms. The smallest absolute Gasteiger partial charge is 0.183 e. The summed E-state index contributed by atoms with van der Waals surface area (Å²) >= 11 is 0. The normalized spacial score (nSPS) is 12.4. The fourth-order valence-electron chi connectivity index (χ4n) is 2.17. The summed E-state index contributed by atoms with van der Waals surface area (Å²) in [5.74, 6) is 1.70. The summed E-state index contributed by atoms with van der Waals surface area (Å²) in [6.45, 7) is 2.87. The SMILES string of the molecule is CCc1cc(C(CNC)c2nn[nH]n2)ccc1OC. The van der Waals surface area contributed by atoms with E-state index in [9.17, 15) is 0 Å². The molecule has 1 aromatic heterocycles. The third kappa shape index (κ3) is 2.90. The molecule has 0 saturated carbocycles. The van der Waals surface area contributed by atoms with E-state index in [0.29, 0.717) is 5.82 Å². The highest BCUT2D eigenvalue weighted by Crippen LogP contribution is 2.27. The van der Waals surface area contributed by atoms with Crippen LogP contribution in [-0.2, 0) is 6.42 Å². The Morgan fingerprint density at radius 2 is 2.26 bits per heavy atom. The van der Waals surface area contributed by atoms with Crippen molar-refractivity contribution in [2.45, 2.75) is 19.3 Å². The molecule has 0 aliphatic rings. The second-order valence-corrected chi connectivity index (χ2v) is 4.31. The van der Waals surface area contributed by atoms with Crippen LogP contribution in [0.1, 0.15) is 29.8 Å². The van der Waals surface area contributed by atoms with Crippen LogP contribution in [0.5, 0.6) is 5.75 Å². The summed E-state index contributed by atoms with van der Waals surface area (Å²) in [6.07, 6.45) is 0.926. The fraction of sp³-hybridized carbons (Fsp3) is 0.462. The standard InChI is InChI=1S/C13H19N5O/c1-4-9-7-10(5-6-12(9)19-3)11(8-14-2)13-15-17-18-16-13/h5-7,11,14H,4,8H2,1-3H3,(H,15,16,17,18). The highest BCUT2D eigenvalue weighted by Gasteiger charge is 2.19. The number of aromatic nitrogens is 4. The Bertz CT molecular complexity index is 512. The average molecular weight is 261 g/mol. The molecule has 2 rings (SSSR count). The number of likely N-dealkylation sites (N-methyl/N-ethyl adjacent to an activating group) is 1. The van der Waals surface area contributed by atoms with Gasteiger partial charge in [0, 0.05) is 6.54 Å². The van der Waals surface area contributed by atoms with Gasteiger partial charge in [0.1, 0.15) is 5.75 Å². The number of aromatic amines is 1. The summed E-state index contributed by atoms with van der Waals surface area (Å²) in [4.78, 5) is 0. The predicted molar refractivity (Wildman–Crippen MR) is 72.3 cm³/mol. The van der Waals surface area contributed by atoms with Crippen molar-refractivity contribution in [3.05, 3.63) is 35.2 Å². The van der Waals surface area contributed by atoms with Gasteiger partial charge >= 0.3 is 0 Å². The molecule has 0 saturated heterocycles. The highest BCUT2D eigenvalue weighted by atomic mass is 16.5. The minimum atomic E-state index is 0.0833. The van der Waals surface area contributed by atoms with Crippen molar-refractivity contribution in [2.24, 2.45) is 0 Å². The number of rotatable bonds is 6. The number of hydrogen-bond donors (Lipinski definition) is 2. The monoisotopic (exact) mass is 261 g/mol. The number of benzene rings is 1. The van der Waals surface area contributed by atoms with E-state index in [0.717, 1.165) is 24.3 Å². The Morgan fingerprint density at radius 1 is 1.42 bits per heavy atom. The lowest BCUT2D eigenvalue weighted by molar-refractivity contribution is 0.410. The van der Waals surface area contributed by atoms with Gasteiger partial charge < -0.3 is 10.1 Å². The van der Waals surface area contributed by atoms with Crippen LogP contribution in [0.15, 0.2) is 18.2 Å². The van der Waals surface area contributed by atoms with Crippen molar-refractivity contribution in [3.8, 4) is 5.75 Å². The molecule has 0 amide bonds. The molecule has 6 heteroatoms. The van der Waals surface area contributed by atoms with Gasteiger partial charge in [0.2, 0.25) is 0 Å². The van der Waals surface area contributed by atoms with Crippen molar-refractivity contribution in [1.29, 1.82) is 0 Å². The van der Waals surface area contributed by atoms with Gasteiger partial charge in [-0.05, 0) is 30.7 Å². The van der Waals surface area contributed by atoms with E-state index in [1.165, 1.54) is 5.56 Å². The third-order valence-corrected chi connectivity index (χ3v) is 3.17. The van der Waals surface area contributed by atoms with E-state index in [4.69, 9.17) is 4.74 Å². The summed E-state index contributed by atoms with van der Waals surface area (Å²) in [6, 6.07) is 6.20. The molecule has 1 unspecified atom stereocenters. The Morgan fingerprint density at radius 3 is 2.84 bits per heavy atom. The first-order chi connectivity index (χ1) is 9.30. The molecule has 0 radical (unpaired) electrons. The average Bonchev–Trinajstić information content (AvgIpc) is 2.98. The van der Waals surface area contributed by atoms with Gasteiger partial charge in [-0.15, -0.1) is 10.2 Å². The maximum Gasteiger partial charge on any atom is 0.183 e.